The van der Waals surface area contributed by atoms with Gasteiger partial charge in [-0.2, -0.15) is 0 Å². The number of aromatic nitrogens is 1. The van der Waals surface area contributed by atoms with Gasteiger partial charge in [-0.15, -0.1) is 0 Å². The Bertz CT molecular complexity index is 1060. The predicted molar refractivity (Wildman–Crippen MR) is 107 cm³/mol. The summed E-state index contributed by atoms with van der Waals surface area (Å²) >= 11 is 1.38. The molecule has 29 heavy (non-hydrogen) atoms. The fraction of sp³-hybridized carbons (Fsp3) is 0.158. The lowest BCUT2D eigenvalue weighted by molar-refractivity contribution is -0.121. The van der Waals surface area contributed by atoms with E-state index in [4.69, 9.17) is 4.74 Å². The Balaban J connectivity index is 1.42. The lowest BCUT2D eigenvalue weighted by atomic mass is 10.2. The lowest BCUT2D eigenvalue weighted by Gasteiger charge is -2.09. The quantitative estimate of drug-likeness (QED) is 0.538. The van der Waals surface area contributed by atoms with Gasteiger partial charge in [0.05, 0.1) is 0 Å². The predicted octanol–water partition coefficient (Wildman–Crippen LogP) is 3.06. The number of halogens is 1. The zero-order valence-electron chi connectivity index (χ0n) is 15.2. The van der Waals surface area contributed by atoms with Gasteiger partial charge >= 0.3 is 0 Å². The second-order valence-corrected chi connectivity index (χ2v) is 8.49. The smallest absolute Gasteiger partial charge is 0.278 e. The molecule has 0 aliphatic heterocycles. The van der Waals surface area contributed by atoms with E-state index in [9.17, 15) is 17.6 Å². The highest BCUT2D eigenvalue weighted by atomic mass is 32.2. The number of carbonyl (C=O) groups is 1. The maximum Gasteiger partial charge on any atom is 0.278 e. The Labute approximate surface area is 171 Å². The summed E-state index contributed by atoms with van der Waals surface area (Å²) in [6, 6.07) is 12.2. The van der Waals surface area contributed by atoms with Crippen LogP contribution in [0.5, 0.6) is 10.9 Å². The zero-order valence-corrected chi connectivity index (χ0v) is 16.8. The van der Waals surface area contributed by atoms with Crippen LogP contribution in [0.25, 0.3) is 0 Å². The summed E-state index contributed by atoms with van der Waals surface area (Å²) in [5, 5.41) is 5.06. The summed E-state index contributed by atoms with van der Waals surface area (Å²) < 4.78 is 45.5. The first-order chi connectivity index (χ1) is 13.9. The largest absolute Gasteiger partial charge is 0.431 e. The fourth-order valence-electron chi connectivity index (χ4n) is 2.37. The van der Waals surface area contributed by atoms with Crippen molar-refractivity contribution in [1.29, 1.82) is 0 Å². The van der Waals surface area contributed by atoms with Crippen molar-refractivity contribution in [1.82, 2.24) is 15.0 Å². The molecule has 2 aromatic carbocycles. The van der Waals surface area contributed by atoms with Gasteiger partial charge in [0.25, 0.3) is 5.19 Å². The van der Waals surface area contributed by atoms with Gasteiger partial charge in [0, 0.05) is 31.1 Å². The highest BCUT2D eigenvalue weighted by Gasteiger charge is 2.18. The molecular weight excluding hydrogens is 417 g/mol. The topological polar surface area (TPSA) is 97.4 Å². The van der Waals surface area contributed by atoms with E-state index in [0.717, 1.165) is 11.6 Å². The number of nitrogens with zero attached hydrogens (tertiary/aromatic N) is 1. The van der Waals surface area contributed by atoms with Crippen LogP contribution < -0.4 is 14.8 Å². The molecule has 0 saturated carbocycles. The van der Waals surface area contributed by atoms with Crippen LogP contribution in [-0.4, -0.2) is 25.9 Å². The van der Waals surface area contributed by atoms with E-state index in [1.54, 1.807) is 18.3 Å². The third-order valence-electron chi connectivity index (χ3n) is 3.80. The molecule has 0 radical (unpaired) electrons. The number of benzene rings is 2. The normalized spacial score (nSPS) is 11.2. The molecule has 0 spiro atoms. The summed E-state index contributed by atoms with van der Waals surface area (Å²) in [6.45, 7) is 0.152. The molecule has 7 nitrogen and oxygen atoms in total. The number of amides is 1. The number of thiazole rings is 1. The van der Waals surface area contributed by atoms with Gasteiger partial charge < -0.3 is 10.1 Å². The molecule has 0 atom stereocenters. The van der Waals surface area contributed by atoms with Crippen molar-refractivity contribution in [2.45, 2.75) is 17.9 Å². The highest BCUT2D eigenvalue weighted by Crippen LogP contribution is 2.23. The van der Waals surface area contributed by atoms with Gasteiger partial charge in [-0.25, -0.2) is 22.5 Å². The van der Waals surface area contributed by atoms with Crippen molar-refractivity contribution in [3.8, 4) is 10.9 Å². The summed E-state index contributed by atoms with van der Waals surface area (Å²) in [5.74, 6) is -0.534. The molecule has 0 saturated heterocycles. The van der Waals surface area contributed by atoms with Crippen LogP contribution >= 0.6 is 11.3 Å². The second-order valence-electron chi connectivity index (χ2n) is 5.90. The Hall–Kier alpha value is -2.82. The van der Waals surface area contributed by atoms with Crippen LogP contribution in [0.15, 0.2) is 65.0 Å². The third kappa shape index (κ3) is 6.08. The average molecular weight is 436 g/mol. The van der Waals surface area contributed by atoms with Crippen LogP contribution in [0.1, 0.15) is 12.0 Å². The van der Waals surface area contributed by atoms with Gasteiger partial charge in [0.1, 0.15) is 16.5 Å². The molecule has 2 N–H and O–H groups in total. The molecule has 0 aliphatic rings. The second kappa shape index (κ2) is 9.59. The van der Waals surface area contributed by atoms with Crippen molar-refractivity contribution >= 4 is 27.3 Å². The van der Waals surface area contributed by atoms with E-state index in [1.165, 1.54) is 29.5 Å². The Morgan fingerprint density at radius 1 is 1.14 bits per heavy atom. The SMILES string of the molecule is O=C(CCNS(=O)(=O)c1ccccc1F)NCc1ccc(Oc2nccs2)cc1. The van der Waals surface area contributed by atoms with Crippen molar-refractivity contribution in [2.24, 2.45) is 0 Å². The van der Waals surface area contributed by atoms with Gasteiger partial charge in [-0.3, -0.25) is 4.79 Å². The minimum Gasteiger partial charge on any atom is -0.431 e. The number of carbonyl (C=O) groups excluding carboxylic acids is 1. The first-order valence-corrected chi connectivity index (χ1v) is 11.0. The van der Waals surface area contributed by atoms with Crippen molar-refractivity contribution < 1.29 is 22.3 Å². The lowest BCUT2D eigenvalue weighted by Crippen LogP contribution is -2.31. The number of nitrogens with one attached hydrogen (secondary N) is 2. The highest BCUT2D eigenvalue weighted by molar-refractivity contribution is 7.89. The number of hydrogen-bond donors (Lipinski definition) is 2. The standard InChI is InChI=1S/C19H18FN3O4S2/c20-16-3-1-2-4-17(16)29(25,26)23-10-9-18(24)22-13-14-5-7-15(8-6-14)27-19-21-11-12-28-19/h1-8,11-12,23H,9-10,13H2,(H,22,24). The average Bonchev–Trinajstić information content (AvgIpc) is 3.20. The molecule has 1 heterocycles. The fourth-order valence-corrected chi connectivity index (χ4v) is 3.98. The van der Waals surface area contributed by atoms with E-state index in [0.29, 0.717) is 10.9 Å². The van der Waals surface area contributed by atoms with Crippen LogP contribution in [0.3, 0.4) is 0 Å². The van der Waals surface area contributed by atoms with Crippen molar-refractivity contribution in [3.63, 3.8) is 0 Å². The molecular formula is C19H18FN3O4S2. The third-order valence-corrected chi connectivity index (χ3v) is 5.94. The number of hydrogen-bond acceptors (Lipinski definition) is 6. The number of sulfonamides is 1. The van der Waals surface area contributed by atoms with Crippen molar-refractivity contribution in [2.75, 3.05) is 6.54 Å². The summed E-state index contributed by atoms with van der Waals surface area (Å²) in [5.41, 5.74) is 0.858. The molecule has 3 rings (SSSR count). The van der Waals surface area contributed by atoms with Crippen LogP contribution in [0.2, 0.25) is 0 Å². The van der Waals surface area contributed by atoms with Gasteiger partial charge in [0.2, 0.25) is 15.9 Å². The summed E-state index contributed by atoms with van der Waals surface area (Å²) in [7, 11) is -4.00. The van der Waals surface area contributed by atoms with E-state index >= 15 is 0 Å². The maximum atomic E-state index is 13.6. The van der Waals surface area contributed by atoms with Crippen molar-refractivity contribution in [3.05, 3.63) is 71.5 Å². The van der Waals surface area contributed by atoms with Crippen LogP contribution in [0, 0.1) is 5.82 Å². The monoisotopic (exact) mass is 435 g/mol. The van der Waals surface area contributed by atoms with E-state index < -0.39 is 20.7 Å². The molecule has 1 amide bonds. The first kappa shape index (κ1) is 20.9. The summed E-state index contributed by atoms with van der Waals surface area (Å²) in [4.78, 5) is 15.5. The molecule has 0 unspecified atom stereocenters. The Morgan fingerprint density at radius 3 is 2.59 bits per heavy atom. The van der Waals surface area contributed by atoms with Gasteiger partial charge in [-0.05, 0) is 29.8 Å². The number of rotatable bonds is 9. The zero-order chi connectivity index (χ0) is 20.7. The van der Waals surface area contributed by atoms with E-state index in [1.807, 2.05) is 17.5 Å². The molecule has 0 aliphatic carbocycles. The van der Waals surface area contributed by atoms with Gasteiger partial charge in [0.15, 0.2) is 0 Å². The van der Waals surface area contributed by atoms with Crippen LogP contribution in [0.4, 0.5) is 4.39 Å². The Kier molecular flexibility index (Phi) is 6.91. The maximum absolute atomic E-state index is 13.6. The van der Waals surface area contributed by atoms with E-state index in [-0.39, 0.29) is 25.4 Å². The van der Waals surface area contributed by atoms with Gasteiger partial charge in [-0.1, -0.05) is 35.6 Å². The molecule has 0 bridgehead atoms. The Morgan fingerprint density at radius 2 is 1.90 bits per heavy atom. The van der Waals surface area contributed by atoms with Crippen LogP contribution in [-0.2, 0) is 21.4 Å². The molecule has 0 fully saturated rings. The number of ether oxygens (including phenoxy) is 1. The summed E-state index contributed by atoms with van der Waals surface area (Å²) in [6.07, 6.45) is 1.58. The minimum atomic E-state index is -4.00. The molecule has 3 aromatic rings. The minimum absolute atomic E-state index is 0.0705. The molecule has 1 aromatic heterocycles. The molecule has 152 valence electrons. The first-order valence-electron chi connectivity index (χ1n) is 8.61. The molecule has 10 heteroatoms. The van der Waals surface area contributed by atoms with E-state index in [2.05, 4.69) is 15.0 Å².